The Balaban J connectivity index is 1.76. The maximum absolute atomic E-state index is 11.7. The molecule has 0 aromatic carbocycles. The van der Waals surface area contributed by atoms with Crippen LogP contribution in [0.1, 0.15) is 35.9 Å². The maximum atomic E-state index is 11.7. The molecule has 0 amide bonds. The van der Waals surface area contributed by atoms with Crippen LogP contribution >= 0.6 is 11.3 Å². The molecular formula is C13H19NO2S. The number of carbonyl (C=O) groups excluding carboxylic acids is 1. The molecule has 0 spiro atoms. The molecule has 1 fully saturated rings. The van der Waals surface area contributed by atoms with Crippen LogP contribution in [-0.2, 0) is 4.74 Å². The van der Waals surface area contributed by atoms with Crippen molar-refractivity contribution in [3.8, 4) is 0 Å². The first-order valence-electron chi connectivity index (χ1n) is 6.22. The minimum Gasteiger partial charge on any atom is -0.457 e. The van der Waals surface area contributed by atoms with Gasteiger partial charge >= 0.3 is 5.97 Å². The molecule has 1 atom stereocenters. The minimum atomic E-state index is -0.190. The summed E-state index contributed by atoms with van der Waals surface area (Å²) >= 11 is 1.43. The lowest BCUT2D eigenvalue weighted by molar-refractivity contribution is 0.0241. The highest BCUT2D eigenvalue weighted by Gasteiger charge is 2.17. The standard InChI is InChI=1S/C13H19NO2S/c1-11(10-14-7-3-2-4-8-14)16-13(15)12-6-5-9-17-12/h5-6,9,11H,2-4,7-8,10H2,1H3/t11-/m1/s1. The van der Waals surface area contributed by atoms with Gasteiger partial charge in [-0.1, -0.05) is 12.5 Å². The van der Waals surface area contributed by atoms with Gasteiger partial charge in [-0.3, -0.25) is 4.90 Å². The lowest BCUT2D eigenvalue weighted by atomic mass is 10.1. The zero-order valence-electron chi connectivity index (χ0n) is 10.2. The van der Waals surface area contributed by atoms with E-state index in [-0.39, 0.29) is 12.1 Å². The fraction of sp³-hybridized carbons (Fsp3) is 0.615. The van der Waals surface area contributed by atoms with Crippen LogP contribution in [0.2, 0.25) is 0 Å². The van der Waals surface area contributed by atoms with E-state index in [1.54, 1.807) is 6.07 Å². The van der Waals surface area contributed by atoms with E-state index >= 15 is 0 Å². The second-order valence-corrected chi connectivity index (χ2v) is 5.50. The van der Waals surface area contributed by atoms with Crippen molar-refractivity contribution in [2.75, 3.05) is 19.6 Å². The van der Waals surface area contributed by atoms with Crippen molar-refractivity contribution in [3.63, 3.8) is 0 Å². The molecule has 1 aromatic heterocycles. The Bertz CT molecular complexity index is 344. The van der Waals surface area contributed by atoms with Gasteiger partial charge in [-0.05, 0) is 44.3 Å². The molecule has 0 bridgehead atoms. The Hall–Kier alpha value is -0.870. The zero-order chi connectivity index (χ0) is 12.1. The lowest BCUT2D eigenvalue weighted by Gasteiger charge is -2.28. The van der Waals surface area contributed by atoms with Crippen LogP contribution in [0.25, 0.3) is 0 Å². The van der Waals surface area contributed by atoms with Gasteiger partial charge in [-0.25, -0.2) is 4.79 Å². The predicted molar refractivity (Wildman–Crippen MR) is 69.5 cm³/mol. The van der Waals surface area contributed by atoms with E-state index in [0.717, 1.165) is 19.6 Å². The van der Waals surface area contributed by atoms with E-state index in [1.807, 2.05) is 18.4 Å². The van der Waals surface area contributed by atoms with Gasteiger partial charge in [0, 0.05) is 6.54 Å². The molecule has 2 heterocycles. The summed E-state index contributed by atoms with van der Waals surface area (Å²) in [6.45, 7) is 5.11. The van der Waals surface area contributed by atoms with E-state index < -0.39 is 0 Å². The second-order valence-electron chi connectivity index (χ2n) is 4.55. The fourth-order valence-corrected chi connectivity index (χ4v) is 2.78. The van der Waals surface area contributed by atoms with Crippen LogP contribution in [0.5, 0.6) is 0 Å². The molecule has 17 heavy (non-hydrogen) atoms. The molecule has 4 heteroatoms. The van der Waals surface area contributed by atoms with Crippen molar-refractivity contribution in [2.24, 2.45) is 0 Å². The number of rotatable bonds is 4. The van der Waals surface area contributed by atoms with E-state index in [0.29, 0.717) is 4.88 Å². The first-order valence-corrected chi connectivity index (χ1v) is 7.10. The molecule has 1 saturated heterocycles. The topological polar surface area (TPSA) is 29.5 Å². The quantitative estimate of drug-likeness (QED) is 0.773. The number of nitrogens with zero attached hydrogens (tertiary/aromatic N) is 1. The smallest absolute Gasteiger partial charge is 0.348 e. The summed E-state index contributed by atoms with van der Waals surface area (Å²) in [7, 11) is 0. The molecule has 0 radical (unpaired) electrons. The summed E-state index contributed by atoms with van der Waals surface area (Å²) in [5.41, 5.74) is 0. The Morgan fingerprint density at radius 3 is 2.88 bits per heavy atom. The van der Waals surface area contributed by atoms with Gasteiger partial charge in [0.05, 0.1) is 0 Å². The number of esters is 1. The lowest BCUT2D eigenvalue weighted by Crippen LogP contribution is -2.37. The Labute approximate surface area is 106 Å². The highest BCUT2D eigenvalue weighted by Crippen LogP contribution is 2.13. The molecule has 3 nitrogen and oxygen atoms in total. The van der Waals surface area contributed by atoms with Gasteiger partial charge in [-0.15, -0.1) is 11.3 Å². The zero-order valence-corrected chi connectivity index (χ0v) is 11.0. The van der Waals surface area contributed by atoms with Crippen molar-refractivity contribution in [1.29, 1.82) is 0 Å². The molecule has 2 rings (SSSR count). The molecule has 0 saturated carbocycles. The summed E-state index contributed by atoms with van der Waals surface area (Å²) in [6, 6.07) is 3.68. The van der Waals surface area contributed by atoms with Crippen molar-refractivity contribution in [3.05, 3.63) is 22.4 Å². The van der Waals surface area contributed by atoms with Crippen LogP contribution in [0.3, 0.4) is 0 Å². The molecule has 0 aliphatic carbocycles. The summed E-state index contributed by atoms with van der Waals surface area (Å²) in [5.74, 6) is -0.190. The molecular weight excluding hydrogens is 234 g/mol. The average Bonchev–Trinajstić information content (AvgIpc) is 2.83. The summed E-state index contributed by atoms with van der Waals surface area (Å²) in [5, 5.41) is 1.89. The highest BCUT2D eigenvalue weighted by atomic mass is 32.1. The van der Waals surface area contributed by atoms with Crippen LogP contribution < -0.4 is 0 Å². The molecule has 1 aromatic rings. The van der Waals surface area contributed by atoms with E-state index in [1.165, 1.54) is 30.6 Å². The van der Waals surface area contributed by atoms with Gasteiger partial charge in [0.25, 0.3) is 0 Å². The van der Waals surface area contributed by atoms with E-state index in [9.17, 15) is 4.79 Å². The minimum absolute atomic E-state index is 0.0253. The Kier molecular flexibility index (Phi) is 4.57. The van der Waals surface area contributed by atoms with Crippen LogP contribution in [0.4, 0.5) is 0 Å². The number of ether oxygens (including phenoxy) is 1. The summed E-state index contributed by atoms with van der Waals surface area (Å²) in [6.07, 6.45) is 3.85. The van der Waals surface area contributed by atoms with Gasteiger partial charge < -0.3 is 4.74 Å². The number of likely N-dealkylation sites (tertiary alicyclic amines) is 1. The van der Waals surface area contributed by atoms with Gasteiger partial charge in [-0.2, -0.15) is 0 Å². The maximum Gasteiger partial charge on any atom is 0.348 e. The Morgan fingerprint density at radius 1 is 1.47 bits per heavy atom. The van der Waals surface area contributed by atoms with Gasteiger partial charge in [0.15, 0.2) is 0 Å². The summed E-state index contributed by atoms with van der Waals surface area (Å²) < 4.78 is 5.43. The number of hydrogen-bond donors (Lipinski definition) is 0. The van der Waals surface area contributed by atoms with Crippen molar-refractivity contribution >= 4 is 17.3 Å². The number of carbonyl (C=O) groups is 1. The first kappa shape index (κ1) is 12.6. The summed E-state index contributed by atoms with van der Waals surface area (Å²) in [4.78, 5) is 14.8. The van der Waals surface area contributed by atoms with Gasteiger partial charge in [0.1, 0.15) is 11.0 Å². The Morgan fingerprint density at radius 2 is 2.24 bits per heavy atom. The number of piperidine rings is 1. The third-order valence-electron chi connectivity index (χ3n) is 2.99. The van der Waals surface area contributed by atoms with Crippen LogP contribution in [0, 0.1) is 0 Å². The number of hydrogen-bond acceptors (Lipinski definition) is 4. The molecule has 1 aliphatic rings. The third kappa shape index (κ3) is 3.82. The molecule has 94 valence electrons. The monoisotopic (exact) mass is 253 g/mol. The predicted octanol–water partition coefficient (Wildman–Crippen LogP) is 2.78. The van der Waals surface area contributed by atoms with E-state index in [2.05, 4.69) is 4.90 Å². The van der Waals surface area contributed by atoms with Crippen molar-refractivity contribution in [2.45, 2.75) is 32.3 Å². The SMILES string of the molecule is C[C@H](CN1CCCCC1)OC(=O)c1cccs1. The van der Waals surface area contributed by atoms with Crippen molar-refractivity contribution in [1.82, 2.24) is 4.90 Å². The second kappa shape index (κ2) is 6.17. The van der Waals surface area contributed by atoms with Crippen LogP contribution in [-0.4, -0.2) is 36.6 Å². The molecule has 0 unspecified atom stereocenters. The van der Waals surface area contributed by atoms with E-state index in [4.69, 9.17) is 4.74 Å². The largest absolute Gasteiger partial charge is 0.457 e. The van der Waals surface area contributed by atoms with Crippen molar-refractivity contribution < 1.29 is 9.53 Å². The third-order valence-corrected chi connectivity index (χ3v) is 3.84. The highest BCUT2D eigenvalue weighted by molar-refractivity contribution is 7.11. The number of thiophene rings is 1. The first-order chi connectivity index (χ1) is 8.25. The molecule has 1 aliphatic heterocycles. The van der Waals surface area contributed by atoms with Crippen LogP contribution in [0.15, 0.2) is 17.5 Å². The molecule has 0 N–H and O–H groups in total. The van der Waals surface area contributed by atoms with Gasteiger partial charge in [0.2, 0.25) is 0 Å². The fourth-order valence-electron chi connectivity index (χ4n) is 2.18. The normalized spacial score (nSPS) is 18.9. The average molecular weight is 253 g/mol.